The van der Waals surface area contributed by atoms with Gasteiger partial charge in [-0.25, -0.2) is 0 Å². The zero-order chi connectivity index (χ0) is 9.84. The third kappa shape index (κ3) is 2.42. The maximum Gasteiger partial charge on any atom is 0.268 e. The summed E-state index contributed by atoms with van der Waals surface area (Å²) in [6.07, 6.45) is 1.34. The summed E-state index contributed by atoms with van der Waals surface area (Å²) in [5.74, 6) is -0.217. The summed E-state index contributed by atoms with van der Waals surface area (Å²) in [4.78, 5) is 17.3. The molecule has 1 heterocycles. The van der Waals surface area contributed by atoms with E-state index < -0.39 is 6.10 Å². The van der Waals surface area contributed by atoms with Crippen LogP contribution in [0.25, 0.3) is 0 Å². The minimum atomic E-state index is -0.408. The fraction of sp³-hybridized carbons (Fsp3) is 0.750. The summed E-state index contributed by atoms with van der Waals surface area (Å²) in [5, 5.41) is 12.7. The molecule has 13 heavy (non-hydrogen) atoms. The van der Waals surface area contributed by atoms with Crippen LogP contribution in [0.3, 0.4) is 0 Å². The average Bonchev–Trinajstić information content (AvgIpc) is 2.41. The third-order valence-electron chi connectivity index (χ3n) is 2.10. The summed E-state index contributed by atoms with van der Waals surface area (Å²) in [7, 11) is 1.38. The van der Waals surface area contributed by atoms with Crippen molar-refractivity contribution in [2.45, 2.75) is 25.5 Å². The molecule has 0 aliphatic carbocycles. The van der Waals surface area contributed by atoms with Gasteiger partial charge in [-0.3, -0.25) is 4.79 Å². The first-order valence-electron chi connectivity index (χ1n) is 4.20. The molecule has 1 rings (SSSR count). The molecule has 0 bridgehead atoms. The zero-order valence-corrected chi connectivity index (χ0v) is 7.80. The first-order chi connectivity index (χ1) is 6.15. The number of carbonyl (C=O) groups is 1. The largest absolute Gasteiger partial charge is 0.399 e. The molecule has 74 valence electrons. The lowest BCUT2D eigenvalue weighted by molar-refractivity contribution is -0.124. The predicted molar refractivity (Wildman–Crippen MR) is 47.3 cm³/mol. The first kappa shape index (κ1) is 9.98. The van der Waals surface area contributed by atoms with E-state index in [-0.39, 0.29) is 11.9 Å². The maximum absolute atomic E-state index is 11.3. The monoisotopic (exact) mass is 186 g/mol. The van der Waals surface area contributed by atoms with E-state index in [4.69, 9.17) is 0 Å². The van der Waals surface area contributed by atoms with Crippen molar-refractivity contribution in [1.82, 2.24) is 4.90 Å². The molecular weight excluding hydrogens is 172 g/mol. The Morgan fingerprint density at radius 3 is 2.92 bits per heavy atom. The van der Waals surface area contributed by atoms with E-state index in [0.29, 0.717) is 13.0 Å². The van der Waals surface area contributed by atoms with Gasteiger partial charge in [0.05, 0.1) is 6.10 Å². The topological polar surface area (TPSA) is 62.1 Å². The van der Waals surface area contributed by atoms with Crippen molar-refractivity contribution in [1.29, 1.82) is 0 Å². The van der Waals surface area contributed by atoms with Crippen molar-refractivity contribution in [3.8, 4) is 0 Å². The Kier molecular flexibility index (Phi) is 3.25. The summed E-state index contributed by atoms with van der Waals surface area (Å²) >= 11 is 0. The van der Waals surface area contributed by atoms with Gasteiger partial charge >= 0.3 is 0 Å². The highest BCUT2D eigenvalue weighted by molar-refractivity contribution is 6.26. The van der Waals surface area contributed by atoms with Crippen LogP contribution in [0.1, 0.15) is 13.3 Å². The second-order valence-corrected chi connectivity index (χ2v) is 3.15. The Morgan fingerprint density at radius 1 is 1.77 bits per heavy atom. The van der Waals surface area contributed by atoms with Crippen LogP contribution in [-0.2, 0) is 9.63 Å². The van der Waals surface area contributed by atoms with Gasteiger partial charge in [0.1, 0.15) is 13.3 Å². The molecule has 0 aromatic carbocycles. The Morgan fingerprint density at radius 2 is 2.46 bits per heavy atom. The van der Waals surface area contributed by atoms with Crippen molar-refractivity contribution in [2.24, 2.45) is 5.16 Å². The number of likely N-dealkylation sites (tertiary alicyclic amines) is 1. The molecule has 0 aromatic rings. The molecule has 1 fully saturated rings. The number of carbonyl (C=O) groups excluding carboxylic acids is 1. The van der Waals surface area contributed by atoms with Gasteiger partial charge in [0, 0.05) is 12.6 Å². The number of amides is 1. The van der Waals surface area contributed by atoms with Gasteiger partial charge in [0.25, 0.3) is 5.91 Å². The number of aliphatic hydroxyl groups excluding tert-OH is 1. The zero-order valence-electron chi connectivity index (χ0n) is 7.80. The van der Waals surface area contributed by atoms with Crippen LogP contribution in [0.4, 0.5) is 0 Å². The smallest absolute Gasteiger partial charge is 0.268 e. The van der Waals surface area contributed by atoms with Crippen LogP contribution in [0, 0.1) is 0 Å². The van der Waals surface area contributed by atoms with Gasteiger partial charge in [-0.15, -0.1) is 0 Å². The normalized spacial score (nSPS) is 28.4. The molecule has 1 amide bonds. The molecule has 2 unspecified atom stereocenters. The van der Waals surface area contributed by atoms with Gasteiger partial charge in [-0.05, 0) is 13.3 Å². The molecule has 1 aliphatic heterocycles. The molecule has 1 aliphatic rings. The van der Waals surface area contributed by atoms with E-state index in [2.05, 4.69) is 9.99 Å². The first-order valence-corrected chi connectivity index (χ1v) is 4.20. The van der Waals surface area contributed by atoms with Crippen molar-refractivity contribution >= 4 is 12.1 Å². The Hall–Kier alpha value is -1.10. The second-order valence-electron chi connectivity index (χ2n) is 3.15. The summed E-state index contributed by atoms with van der Waals surface area (Å²) < 4.78 is 0. The van der Waals surface area contributed by atoms with E-state index in [1.807, 2.05) is 6.92 Å². The van der Waals surface area contributed by atoms with Crippen LogP contribution < -0.4 is 0 Å². The fourth-order valence-electron chi connectivity index (χ4n) is 1.48. The van der Waals surface area contributed by atoms with E-state index in [1.165, 1.54) is 7.11 Å². The van der Waals surface area contributed by atoms with Crippen molar-refractivity contribution in [3.05, 3.63) is 0 Å². The molecule has 0 saturated carbocycles. The minimum Gasteiger partial charge on any atom is -0.399 e. The summed E-state index contributed by atoms with van der Waals surface area (Å²) in [6, 6.07) is 0.0748. The Balaban J connectivity index is 2.52. The van der Waals surface area contributed by atoms with E-state index in [1.54, 1.807) is 4.90 Å². The number of nitrogens with zero attached hydrogens (tertiary/aromatic N) is 2. The van der Waals surface area contributed by atoms with Gasteiger partial charge in [-0.1, -0.05) is 5.16 Å². The van der Waals surface area contributed by atoms with Crippen LogP contribution in [0.5, 0.6) is 0 Å². The van der Waals surface area contributed by atoms with Crippen molar-refractivity contribution in [3.63, 3.8) is 0 Å². The van der Waals surface area contributed by atoms with Crippen LogP contribution in [-0.4, -0.2) is 47.9 Å². The number of oxime groups is 1. The highest BCUT2D eigenvalue weighted by Crippen LogP contribution is 2.16. The van der Waals surface area contributed by atoms with Crippen molar-refractivity contribution in [2.75, 3.05) is 13.7 Å². The highest BCUT2D eigenvalue weighted by atomic mass is 16.6. The molecule has 0 radical (unpaired) electrons. The fourth-order valence-corrected chi connectivity index (χ4v) is 1.48. The number of aliphatic hydroxyl groups is 1. The van der Waals surface area contributed by atoms with Crippen LogP contribution in [0.15, 0.2) is 5.16 Å². The van der Waals surface area contributed by atoms with Gasteiger partial charge < -0.3 is 14.8 Å². The lowest BCUT2D eigenvalue weighted by Gasteiger charge is -2.18. The Bertz CT molecular complexity index is 217. The van der Waals surface area contributed by atoms with E-state index in [9.17, 15) is 9.90 Å². The molecule has 1 saturated heterocycles. The SMILES string of the molecule is CO/N=C/C(=O)N1CC(O)CC1C. The molecule has 2 atom stereocenters. The summed E-state index contributed by atoms with van der Waals surface area (Å²) in [5.41, 5.74) is 0. The molecule has 1 N–H and O–H groups in total. The Labute approximate surface area is 77.0 Å². The molecule has 5 heteroatoms. The summed E-state index contributed by atoms with van der Waals surface area (Å²) in [6.45, 7) is 2.28. The molecule has 0 spiro atoms. The lowest BCUT2D eigenvalue weighted by Crippen LogP contribution is -2.35. The minimum absolute atomic E-state index is 0.0748. The maximum atomic E-state index is 11.3. The second kappa shape index (κ2) is 4.23. The van der Waals surface area contributed by atoms with Gasteiger partial charge in [0.2, 0.25) is 0 Å². The van der Waals surface area contributed by atoms with Gasteiger partial charge in [0.15, 0.2) is 0 Å². The van der Waals surface area contributed by atoms with Crippen LogP contribution in [0.2, 0.25) is 0 Å². The molecular formula is C8H14N2O3. The van der Waals surface area contributed by atoms with E-state index >= 15 is 0 Å². The molecule has 5 nitrogen and oxygen atoms in total. The molecule has 0 aromatic heterocycles. The third-order valence-corrected chi connectivity index (χ3v) is 2.10. The van der Waals surface area contributed by atoms with E-state index in [0.717, 1.165) is 6.21 Å². The number of hydrogen-bond donors (Lipinski definition) is 1. The average molecular weight is 186 g/mol. The number of β-amino-alcohol motifs (C(OH)–C–C–N with tert-alkyl or cyclic N) is 1. The number of rotatable bonds is 2. The van der Waals surface area contributed by atoms with Crippen LogP contribution >= 0.6 is 0 Å². The number of hydrogen-bond acceptors (Lipinski definition) is 4. The van der Waals surface area contributed by atoms with Gasteiger partial charge in [-0.2, -0.15) is 0 Å². The quantitative estimate of drug-likeness (QED) is 0.471. The standard InChI is InChI=1S/C8H14N2O3/c1-6-3-7(11)5-10(6)8(12)4-9-13-2/h4,6-7,11H,3,5H2,1-2H3/b9-4+. The predicted octanol–water partition coefficient (Wildman–Crippen LogP) is -0.400. The lowest BCUT2D eigenvalue weighted by atomic mass is 10.2. The highest BCUT2D eigenvalue weighted by Gasteiger charge is 2.30. The van der Waals surface area contributed by atoms with Crippen molar-refractivity contribution < 1.29 is 14.7 Å².